The number of pyridine rings is 1. The van der Waals surface area contributed by atoms with Crippen molar-refractivity contribution >= 4 is 11.8 Å². The first-order chi connectivity index (χ1) is 17.5. The number of nitrogens with zero attached hydrogens (tertiary/aromatic N) is 3. The van der Waals surface area contributed by atoms with Crippen LogP contribution in [0.4, 0.5) is 5.82 Å². The molecule has 0 bridgehead atoms. The van der Waals surface area contributed by atoms with Crippen LogP contribution in [0.1, 0.15) is 35.3 Å². The van der Waals surface area contributed by atoms with E-state index in [9.17, 15) is 4.79 Å². The lowest BCUT2D eigenvalue weighted by Gasteiger charge is -2.36. The molecule has 0 saturated carbocycles. The average Bonchev–Trinajstić information content (AvgIpc) is 2.91. The summed E-state index contributed by atoms with van der Waals surface area (Å²) in [6.07, 6.45) is 2.57. The third-order valence-electron chi connectivity index (χ3n) is 6.21. The Bertz CT molecular complexity index is 1130. The molecule has 7 heteroatoms. The first kappa shape index (κ1) is 25.5. The van der Waals surface area contributed by atoms with E-state index in [0.29, 0.717) is 12.2 Å². The van der Waals surface area contributed by atoms with Crippen LogP contribution < -0.4 is 14.4 Å². The van der Waals surface area contributed by atoms with Crippen molar-refractivity contribution in [2.45, 2.75) is 33.0 Å². The highest BCUT2D eigenvalue weighted by Crippen LogP contribution is 2.22. The van der Waals surface area contributed by atoms with Crippen molar-refractivity contribution in [3.05, 3.63) is 83.6 Å². The Balaban J connectivity index is 1.23. The molecule has 7 nitrogen and oxygen atoms in total. The highest BCUT2D eigenvalue weighted by Gasteiger charge is 2.23. The van der Waals surface area contributed by atoms with Crippen LogP contribution in [0.25, 0.3) is 0 Å². The quantitative estimate of drug-likeness (QED) is 0.386. The lowest BCUT2D eigenvalue weighted by Crippen LogP contribution is -2.47. The minimum atomic E-state index is -0.312. The minimum Gasteiger partial charge on any atom is -0.497 e. The van der Waals surface area contributed by atoms with Crippen LogP contribution in [0.15, 0.2) is 66.9 Å². The number of methoxy groups -OCH3 is 1. The van der Waals surface area contributed by atoms with Crippen molar-refractivity contribution in [2.75, 3.05) is 44.7 Å². The maximum atomic E-state index is 12.5. The van der Waals surface area contributed by atoms with Gasteiger partial charge in [0.05, 0.1) is 13.2 Å². The number of aromatic nitrogens is 1. The third-order valence-corrected chi connectivity index (χ3v) is 6.21. The summed E-state index contributed by atoms with van der Waals surface area (Å²) in [5.41, 5.74) is 2.98. The van der Waals surface area contributed by atoms with Crippen LogP contribution in [-0.2, 0) is 17.8 Å². The molecular weight excluding hydrogens is 454 g/mol. The summed E-state index contributed by atoms with van der Waals surface area (Å²) in [4.78, 5) is 21.6. The van der Waals surface area contributed by atoms with Crippen molar-refractivity contribution in [3.63, 3.8) is 0 Å². The molecular formula is C29H35N3O4. The van der Waals surface area contributed by atoms with Crippen LogP contribution >= 0.6 is 0 Å². The molecule has 0 spiro atoms. The maximum absolute atomic E-state index is 12.5. The molecule has 0 atom stereocenters. The number of hydrogen-bond donors (Lipinski definition) is 0. The van der Waals surface area contributed by atoms with E-state index in [1.54, 1.807) is 25.4 Å². The summed E-state index contributed by atoms with van der Waals surface area (Å²) < 4.78 is 16.5. The van der Waals surface area contributed by atoms with Crippen molar-refractivity contribution in [1.29, 1.82) is 0 Å². The molecule has 4 rings (SSSR count). The van der Waals surface area contributed by atoms with Crippen LogP contribution in [0, 0.1) is 0 Å². The number of rotatable bonds is 10. The fraction of sp³-hybridized carbons (Fsp3) is 0.379. The maximum Gasteiger partial charge on any atom is 0.342 e. The second-order valence-corrected chi connectivity index (χ2v) is 9.19. The van der Waals surface area contributed by atoms with Crippen LogP contribution in [0.2, 0.25) is 0 Å². The molecule has 1 aliphatic heterocycles. The van der Waals surface area contributed by atoms with Gasteiger partial charge in [0.15, 0.2) is 0 Å². The van der Waals surface area contributed by atoms with E-state index in [1.807, 2.05) is 38.1 Å². The molecule has 1 saturated heterocycles. The normalized spacial score (nSPS) is 14.1. The Labute approximate surface area is 213 Å². The van der Waals surface area contributed by atoms with Gasteiger partial charge in [0.1, 0.15) is 29.5 Å². The molecule has 1 fully saturated rings. The summed E-state index contributed by atoms with van der Waals surface area (Å²) in [5.74, 6) is 1.99. The number of carbonyl (C=O) groups excluding carboxylic acids is 1. The zero-order valence-electron chi connectivity index (χ0n) is 21.4. The average molecular weight is 490 g/mol. The summed E-state index contributed by atoms with van der Waals surface area (Å²) in [6.45, 7) is 8.77. The first-order valence-corrected chi connectivity index (χ1v) is 12.5. The third kappa shape index (κ3) is 6.98. The number of anilines is 1. The van der Waals surface area contributed by atoms with Crippen LogP contribution in [-0.4, -0.2) is 61.8 Å². The molecule has 0 aliphatic carbocycles. The molecule has 36 heavy (non-hydrogen) atoms. The topological polar surface area (TPSA) is 64.1 Å². The summed E-state index contributed by atoms with van der Waals surface area (Å²) in [7, 11) is 1.65. The number of ether oxygens (including phenoxy) is 3. The predicted molar refractivity (Wildman–Crippen MR) is 141 cm³/mol. The van der Waals surface area contributed by atoms with Gasteiger partial charge < -0.3 is 19.1 Å². The van der Waals surface area contributed by atoms with E-state index in [0.717, 1.165) is 62.0 Å². The van der Waals surface area contributed by atoms with Gasteiger partial charge >= 0.3 is 5.97 Å². The monoisotopic (exact) mass is 489 g/mol. The summed E-state index contributed by atoms with van der Waals surface area (Å²) in [6, 6.07) is 19.9. The standard InChI is InChI=1S/C29H35N3O4/c1-22(2)36-29(33)27-8-5-14-30-28(27)32-18-16-31(17-19-32)15-13-23-9-11-24(12-10-23)21-35-26-7-4-6-25(20-26)34-3/h4-12,14,20,22H,13,15-19,21H2,1-3H3. The Morgan fingerprint density at radius 2 is 1.67 bits per heavy atom. The SMILES string of the molecule is COc1cccc(OCc2ccc(CCN3CCN(c4ncccc4C(=O)OC(C)C)CC3)cc2)c1. The van der Waals surface area contributed by atoms with E-state index in [4.69, 9.17) is 14.2 Å². The van der Waals surface area contributed by atoms with Crippen molar-refractivity contribution in [2.24, 2.45) is 0 Å². The predicted octanol–water partition coefficient (Wildman–Crippen LogP) is 4.60. The second kappa shape index (κ2) is 12.4. The van der Waals surface area contributed by atoms with E-state index in [2.05, 4.69) is 39.0 Å². The number of benzene rings is 2. The van der Waals surface area contributed by atoms with Gasteiger partial charge in [0, 0.05) is 45.0 Å². The number of carbonyl (C=O) groups is 1. The molecule has 190 valence electrons. The van der Waals surface area contributed by atoms with Gasteiger partial charge in [-0.1, -0.05) is 30.3 Å². The lowest BCUT2D eigenvalue weighted by molar-refractivity contribution is 0.0378. The number of esters is 1. The molecule has 0 N–H and O–H groups in total. The molecule has 1 aromatic heterocycles. The highest BCUT2D eigenvalue weighted by molar-refractivity contribution is 5.94. The van der Waals surface area contributed by atoms with Crippen molar-refractivity contribution in [1.82, 2.24) is 9.88 Å². The Kier molecular flexibility index (Phi) is 8.79. The molecule has 0 unspecified atom stereocenters. The van der Waals surface area contributed by atoms with E-state index < -0.39 is 0 Å². The van der Waals surface area contributed by atoms with Gasteiger partial charge in [-0.3, -0.25) is 4.90 Å². The fourth-order valence-corrected chi connectivity index (χ4v) is 4.22. The zero-order chi connectivity index (χ0) is 25.3. The molecule has 2 aromatic carbocycles. The van der Waals surface area contributed by atoms with E-state index in [-0.39, 0.29) is 12.1 Å². The molecule has 3 aromatic rings. The van der Waals surface area contributed by atoms with E-state index in [1.165, 1.54) is 5.56 Å². The second-order valence-electron chi connectivity index (χ2n) is 9.19. The lowest BCUT2D eigenvalue weighted by atomic mass is 10.1. The van der Waals surface area contributed by atoms with Gasteiger partial charge in [-0.15, -0.1) is 0 Å². The van der Waals surface area contributed by atoms with Crippen LogP contribution in [0.5, 0.6) is 11.5 Å². The van der Waals surface area contributed by atoms with Gasteiger partial charge in [-0.25, -0.2) is 9.78 Å². The van der Waals surface area contributed by atoms with Gasteiger partial charge in [0.2, 0.25) is 0 Å². The summed E-state index contributed by atoms with van der Waals surface area (Å²) >= 11 is 0. The number of hydrogen-bond acceptors (Lipinski definition) is 7. The van der Waals surface area contributed by atoms with Gasteiger partial charge in [0.25, 0.3) is 0 Å². The number of piperazine rings is 1. The zero-order valence-corrected chi connectivity index (χ0v) is 21.4. The van der Waals surface area contributed by atoms with E-state index >= 15 is 0 Å². The Hall–Kier alpha value is -3.58. The molecule has 2 heterocycles. The Morgan fingerprint density at radius 1 is 0.944 bits per heavy atom. The molecule has 0 amide bonds. The first-order valence-electron chi connectivity index (χ1n) is 12.5. The minimum absolute atomic E-state index is 0.156. The van der Waals surface area contributed by atoms with Crippen molar-refractivity contribution < 1.29 is 19.0 Å². The summed E-state index contributed by atoms with van der Waals surface area (Å²) in [5, 5.41) is 0. The fourth-order valence-electron chi connectivity index (χ4n) is 4.22. The van der Waals surface area contributed by atoms with Gasteiger partial charge in [-0.2, -0.15) is 0 Å². The molecule has 1 aliphatic rings. The molecule has 0 radical (unpaired) electrons. The smallest absolute Gasteiger partial charge is 0.342 e. The van der Waals surface area contributed by atoms with Gasteiger partial charge in [-0.05, 0) is 55.7 Å². The van der Waals surface area contributed by atoms with Crippen molar-refractivity contribution in [3.8, 4) is 11.5 Å². The van der Waals surface area contributed by atoms with Crippen LogP contribution in [0.3, 0.4) is 0 Å². The highest BCUT2D eigenvalue weighted by atomic mass is 16.5. The Morgan fingerprint density at radius 3 is 2.39 bits per heavy atom. The largest absolute Gasteiger partial charge is 0.497 e.